The minimum Gasteiger partial charge on any atom is -0.495 e. The minimum absolute atomic E-state index is 0.329. The molecule has 3 aliphatic rings. The monoisotopic (exact) mass is 435 g/mol. The first kappa shape index (κ1) is 20.0. The fraction of sp³-hybridized carbons (Fsp3) is 0.261. The molecule has 9 heteroatoms. The lowest BCUT2D eigenvalue weighted by atomic mass is 10.1. The van der Waals surface area contributed by atoms with Crippen LogP contribution in [0, 0.1) is 12.7 Å². The number of carbonyl (C=O) groups excluding carboxylic acids is 2. The molecule has 3 amide bonds. The van der Waals surface area contributed by atoms with E-state index in [-0.39, 0.29) is 11.7 Å². The molecule has 0 aliphatic carbocycles. The lowest BCUT2D eigenvalue weighted by Gasteiger charge is -2.38. The molecule has 164 valence electrons. The topological polar surface area (TPSA) is 68.7 Å². The maximum Gasteiger partial charge on any atom is 0.328 e. The summed E-state index contributed by atoms with van der Waals surface area (Å²) < 4.78 is 19.2. The molecule has 0 N–H and O–H groups in total. The van der Waals surface area contributed by atoms with Gasteiger partial charge in [0.1, 0.15) is 11.6 Å². The van der Waals surface area contributed by atoms with Crippen LogP contribution in [0.15, 0.2) is 53.7 Å². The van der Waals surface area contributed by atoms with Gasteiger partial charge in [0.15, 0.2) is 12.2 Å². The Morgan fingerprint density at radius 3 is 2.47 bits per heavy atom. The number of anilines is 1. The van der Waals surface area contributed by atoms with E-state index >= 15 is 0 Å². The van der Waals surface area contributed by atoms with E-state index in [1.807, 2.05) is 36.2 Å². The number of halogens is 1. The average Bonchev–Trinajstić information content (AvgIpc) is 3.33. The Labute approximate surface area is 184 Å². The number of imide groups is 1. The van der Waals surface area contributed by atoms with E-state index in [4.69, 9.17) is 9.73 Å². The van der Waals surface area contributed by atoms with Crippen molar-refractivity contribution < 1.29 is 18.7 Å². The molecule has 3 heterocycles. The molecule has 2 unspecified atom stereocenters. The van der Waals surface area contributed by atoms with Gasteiger partial charge in [-0.15, -0.1) is 0 Å². The molecule has 5 rings (SSSR count). The van der Waals surface area contributed by atoms with Gasteiger partial charge in [0.05, 0.1) is 18.5 Å². The van der Waals surface area contributed by atoms with E-state index in [1.165, 1.54) is 24.1 Å². The van der Waals surface area contributed by atoms with E-state index < -0.39 is 18.2 Å². The number of hydrogen-bond donors (Lipinski definition) is 0. The van der Waals surface area contributed by atoms with Crippen LogP contribution in [0.5, 0.6) is 5.75 Å². The van der Waals surface area contributed by atoms with Crippen molar-refractivity contribution in [1.82, 2.24) is 14.7 Å². The maximum absolute atomic E-state index is 13.6. The van der Waals surface area contributed by atoms with Crippen LogP contribution in [0.4, 0.5) is 14.9 Å². The highest BCUT2D eigenvalue weighted by Crippen LogP contribution is 2.43. The molecule has 32 heavy (non-hydrogen) atoms. The van der Waals surface area contributed by atoms with E-state index in [0.29, 0.717) is 11.7 Å². The number of methoxy groups -OCH3 is 1. The van der Waals surface area contributed by atoms with Crippen molar-refractivity contribution in [3.05, 3.63) is 65.6 Å². The van der Waals surface area contributed by atoms with Crippen LogP contribution in [0.25, 0.3) is 5.70 Å². The number of fused-ring (bicyclic) bond motifs is 3. The van der Waals surface area contributed by atoms with Crippen LogP contribution in [0.3, 0.4) is 0 Å². The second-order valence-corrected chi connectivity index (χ2v) is 8.02. The first-order chi connectivity index (χ1) is 15.3. The third-order valence-corrected chi connectivity index (χ3v) is 6.05. The molecule has 0 radical (unpaired) electrons. The lowest BCUT2D eigenvalue weighted by Crippen LogP contribution is -2.63. The largest absolute Gasteiger partial charge is 0.495 e. The second kappa shape index (κ2) is 7.08. The number of guanidine groups is 1. The van der Waals surface area contributed by atoms with Crippen LogP contribution in [0.1, 0.15) is 11.1 Å². The SMILES string of the molecule is COc1ccc(C)cc1N1C(c2ccc(F)cc2)=CN2C1=NC1C2C(=O)N(C)C(=O)N1C. The summed E-state index contributed by atoms with van der Waals surface area (Å²) in [6.07, 6.45) is 1.18. The van der Waals surface area contributed by atoms with Gasteiger partial charge in [0.2, 0.25) is 5.96 Å². The molecule has 3 aliphatic heterocycles. The molecule has 0 bridgehead atoms. The maximum atomic E-state index is 13.6. The van der Waals surface area contributed by atoms with Crippen molar-refractivity contribution in [3.8, 4) is 5.75 Å². The fourth-order valence-electron chi connectivity index (χ4n) is 4.36. The highest BCUT2D eigenvalue weighted by Gasteiger charge is 2.54. The summed E-state index contributed by atoms with van der Waals surface area (Å²) in [6.45, 7) is 1.97. The van der Waals surface area contributed by atoms with Gasteiger partial charge < -0.3 is 9.64 Å². The molecular weight excluding hydrogens is 413 g/mol. The molecular formula is C23H22FN5O3. The lowest BCUT2D eigenvalue weighted by molar-refractivity contribution is -0.135. The summed E-state index contributed by atoms with van der Waals surface area (Å²) >= 11 is 0. The molecule has 1 saturated heterocycles. The number of nitrogens with zero attached hydrogens (tertiary/aromatic N) is 5. The van der Waals surface area contributed by atoms with Gasteiger partial charge in [-0.2, -0.15) is 0 Å². The number of benzene rings is 2. The minimum atomic E-state index is -0.686. The van der Waals surface area contributed by atoms with Gasteiger partial charge in [-0.25, -0.2) is 14.2 Å². The number of hydrogen-bond acceptors (Lipinski definition) is 6. The Morgan fingerprint density at radius 2 is 1.78 bits per heavy atom. The molecule has 0 saturated carbocycles. The van der Waals surface area contributed by atoms with Gasteiger partial charge in [-0.1, -0.05) is 6.07 Å². The number of aryl methyl sites for hydroxylation is 1. The Kier molecular flexibility index (Phi) is 4.44. The zero-order chi connectivity index (χ0) is 22.7. The van der Waals surface area contributed by atoms with Gasteiger partial charge in [0, 0.05) is 25.9 Å². The molecule has 1 fully saturated rings. The number of amides is 3. The Balaban J connectivity index is 1.69. The summed E-state index contributed by atoms with van der Waals surface area (Å²) in [5.74, 6) is 0.459. The predicted octanol–water partition coefficient (Wildman–Crippen LogP) is 2.85. The first-order valence-electron chi connectivity index (χ1n) is 10.1. The van der Waals surface area contributed by atoms with Crippen molar-refractivity contribution in [1.29, 1.82) is 0 Å². The van der Waals surface area contributed by atoms with Crippen LogP contribution in [-0.4, -0.2) is 66.0 Å². The van der Waals surface area contributed by atoms with Crippen LogP contribution in [0.2, 0.25) is 0 Å². The van der Waals surface area contributed by atoms with E-state index in [1.54, 1.807) is 31.2 Å². The highest BCUT2D eigenvalue weighted by molar-refractivity contribution is 6.16. The van der Waals surface area contributed by atoms with Gasteiger partial charge >= 0.3 is 6.03 Å². The molecule has 2 atom stereocenters. The number of aliphatic imine (C=N–C) groups is 1. The number of ether oxygens (including phenoxy) is 1. The van der Waals surface area contributed by atoms with Crippen molar-refractivity contribution in [3.63, 3.8) is 0 Å². The van der Waals surface area contributed by atoms with Crippen LogP contribution in [-0.2, 0) is 4.79 Å². The van der Waals surface area contributed by atoms with E-state index in [2.05, 4.69) is 0 Å². The summed E-state index contributed by atoms with van der Waals surface area (Å²) in [5.41, 5.74) is 3.22. The molecule has 0 aromatic heterocycles. The van der Waals surface area contributed by atoms with Crippen molar-refractivity contribution in [2.45, 2.75) is 19.1 Å². The fourth-order valence-corrected chi connectivity index (χ4v) is 4.36. The molecule has 2 aromatic carbocycles. The van der Waals surface area contributed by atoms with Crippen LogP contribution < -0.4 is 9.64 Å². The van der Waals surface area contributed by atoms with Crippen molar-refractivity contribution in [2.75, 3.05) is 26.1 Å². The molecule has 2 aromatic rings. The van der Waals surface area contributed by atoms with E-state index in [0.717, 1.165) is 27.4 Å². The first-order valence-corrected chi connectivity index (χ1v) is 10.1. The summed E-state index contributed by atoms with van der Waals surface area (Å²) in [5, 5.41) is 0. The zero-order valence-corrected chi connectivity index (χ0v) is 18.1. The standard InChI is InChI=1S/C23H22FN5O3/c1-13-5-10-18(32-4)16(11-13)29-17(14-6-8-15(24)9-7-14)12-28-19-20(25-22(28)29)26(2)23(31)27(3)21(19)30/h5-12,19-20H,1-4H3. The summed E-state index contributed by atoms with van der Waals surface area (Å²) in [6, 6.07) is 10.8. The predicted molar refractivity (Wildman–Crippen MR) is 117 cm³/mol. The number of rotatable bonds is 3. The third kappa shape index (κ3) is 2.77. The van der Waals surface area contributed by atoms with Crippen molar-refractivity contribution in [2.24, 2.45) is 4.99 Å². The number of carbonyl (C=O) groups is 2. The summed E-state index contributed by atoms with van der Waals surface area (Å²) in [4.78, 5) is 36.6. The Hall–Kier alpha value is -3.88. The summed E-state index contributed by atoms with van der Waals surface area (Å²) in [7, 11) is 4.69. The average molecular weight is 435 g/mol. The number of urea groups is 1. The smallest absolute Gasteiger partial charge is 0.328 e. The zero-order valence-electron chi connectivity index (χ0n) is 18.1. The number of likely N-dealkylation sites (N-methyl/N-ethyl adjacent to an activating group) is 2. The Morgan fingerprint density at radius 1 is 1.06 bits per heavy atom. The van der Waals surface area contributed by atoms with E-state index in [9.17, 15) is 14.0 Å². The van der Waals surface area contributed by atoms with Crippen LogP contribution >= 0.6 is 0 Å². The normalized spacial score (nSPS) is 22.2. The van der Waals surface area contributed by atoms with Gasteiger partial charge in [0.25, 0.3) is 5.91 Å². The Bertz CT molecular complexity index is 1190. The third-order valence-electron chi connectivity index (χ3n) is 6.05. The van der Waals surface area contributed by atoms with Gasteiger partial charge in [-0.3, -0.25) is 19.5 Å². The highest BCUT2D eigenvalue weighted by atomic mass is 19.1. The molecule has 8 nitrogen and oxygen atoms in total. The molecule has 0 spiro atoms. The quantitative estimate of drug-likeness (QED) is 0.742. The second-order valence-electron chi connectivity index (χ2n) is 8.02. The van der Waals surface area contributed by atoms with Crippen molar-refractivity contribution >= 4 is 29.3 Å². The van der Waals surface area contributed by atoms with Gasteiger partial charge in [-0.05, 0) is 48.9 Å².